The Morgan fingerprint density at radius 2 is 2.12 bits per heavy atom. The van der Waals surface area contributed by atoms with E-state index >= 15 is 0 Å². The normalized spacial score (nSPS) is 21.4. The van der Waals surface area contributed by atoms with Gasteiger partial charge in [0.15, 0.2) is 9.84 Å². The van der Waals surface area contributed by atoms with E-state index in [-0.39, 0.29) is 0 Å². The van der Waals surface area contributed by atoms with E-state index in [2.05, 4.69) is 5.32 Å². The molecule has 1 saturated heterocycles. The molecule has 1 fully saturated rings. The second kappa shape index (κ2) is 5.19. The highest BCUT2D eigenvalue weighted by atomic mass is 32.2. The van der Waals surface area contributed by atoms with Gasteiger partial charge in [0, 0.05) is 6.26 Å². The highest BCUT2D eigenvalue weighted by Gasteiger charge is 2.18. The molecular formula is C13H19NO2S. The first kappa shape index (κ1) is 12.6. The van der Waals surface area contributed by atoms with Gasteiger partial charge in [0.2, 0.25) is 0 Å². The van der Waals surface area contributed by atoms with Crippen molar-refractivity contribution in [1.82, 2.24) is 5.32 Å². The molecule has 1 aromatic rings. The fourth-order valence-corrected chi connectivity index (χ4v) is 3.40. The Labute approximate surface area is 103 Å². The molecule has 2 rings (SSSR count). The molecule has 1 aliphatic heterocycles. The van der Waals surface area contributed by atoms with Crippen LogP contribution in [0.15, 0.2) is 29.2 Å². The van der Waals surface area contributed by atoms with Crippen molar-refractivity contribution in [2.45, 2.75) is 24.2 Å². The number of hydrogen-bond donors (Lipinski definition) is 1. The Kier molecular flexibility index (Phi) is 3.84. The SMILES string of the molecule is CS(=O)(=O)c1ccccc1CC1CCCNC1. The van der Waals surface area contributed by atoms with E-state index in [0.717, 1.165) is 25.1 Å². The second-order valence-corrected chi connectivity index (χ2v) is 6.78. The topological polar surface area (TPSA) is 46.2 Å². The highest BCUT2D eigenvalue weighted by Crippen LogP contribution is 2.22. The van der Waals surface area contributed by atoms with Gasteiger partial charge >= 0.3 is 0 Å². The third kappa shape index (κ3) is 3.30. The van der Waals surface area contributed by atoms with Crippen LogP contribution in [0.4, 0.5) is 0 Å². The van der Waals surface area contributed by atoms with E-state index in [1.807, 2.05) is 12.1 Å². The van der Waals surface area contributed by atoms with E-state index in [1.165, 1.54) is 19.1 Å². The Hall–Kier alpha value is -0.870. The molecule has 1 aromatic carbocycles. The maximum atomic E-state index is 11.7. The van der Waals surface area contributed by atoms with Crippen molar-refractivity contribution in [2.24, 2.45) is 5.92 Å². The summed E-state index contributed by atoms with van der Waals surface area (Å²) in [5, 5.41) is 3.36. The van der Waals surface area contributed by atoms with Gasteiger partial charge in [-0.1, -0.05) is 18.2 Å². The van der Waals surface area contributed by atoms with Crippen molar-refractivity contribution in [1.29, 1.82) is 0 Å². The van der Waals surface area contributed by atoms with Gasteiger partial charge in [0.1, 0.15) is 0 Å². The maximum absolute atomic E-state index is 11.7. The first-order valence-corrected chi connectivity index (χ1v) is 7.95. The Balaban J connectivity index is 2.20. The molecule has 1 unspecified atom stereocenters. The summed E-state index contributed by atoms with van der Waals surface area (Å²) in [5.41, 5.74) is 0.962. The Bertz CT molecular complexity index is 476. The van der Waals surface area contributed by atoms with Gasteiger partial charge in [0.25, 0.3) is 0 Å². The fourth-order valence-electron chi connectivity index (χ4n) is 2.44. The predicted molar refractivity (Wildman–Crippen MR) is 68.8 cm³/mol. The molecule has 0 radical (unpaired) electrons. The van der Waals surface area contributed by atoms with Crippen LogP contribution in [0.5, 0.6) is 0 Å². The summed E-state index contributed by atoms with van der Waals surface area (Å²) in [6, 6.07) is 7.35. The van der Waals surface area contributed by atoms with Crippen molar-refractivity contribution < 1.29 is 8.42 Å². The van der Waals surface area contributed by atoms with E-state index in [4.69, 9.17) is 0 Å². The zero-order chi connectivity index (χ0) is 12.3. The fraction of sp³-hybridized carbons (Fsp3) is 0.538. The van der Waals surface area contributed by atoms with Crippen LogP contribution >= 0.6 is 0 Å². The lowest BCUT2D eigenvalue weighted by atomic mass is 9.92. The largest absolute Gasteiger partial charge is 0.316 e. The van der Waals surface area contributed by atoms with Gasteiger partial charge in [-0.05, 0) is 49.9 Å². The molecule has 1 N–H and O–H groups in total. The van der Waals surface area contributed by atoms with E-state index in [1.54, 1.807) is 12.1 Å². The van der Waals surface area contributed by atoms with Gasteiger partial charge in [-0.15, -0.1) is 0 Å². The average Bonchev–Trinajstić information content (AvgIpc) is 2.30. The average molecular weight is 253 g/mol. The molecule has 0 bridgehead atoms. The molecule has 94 valence electrons. The first-order chi connectivity index (χ1) is 8.07. The minimum Gasteiger partial charge on any atom is -0.316 e. The lowest BCUT2D eigenvalue weighted by molar-refractivity contribution is 0.374. The monoisotopic (exact) mass is 253 g/mol. The summed E-state index contributed by atoms with van der Waals surface area (Å²) < 4.78 is 23.4. The molecule has 0 amide bonds. The third-order valence-electron chi connectivity index (χ3n) is 3.28. The molecule has 3 nitrogen and oxygen atoms in total. The molecule has 1 atom stereocenters. The van der Waals surface area contributed by atoms with E-state index < -0.39 is 9.84 Å². The second-order valence-electron chi connectivity index (χ2n) is 4.80. The number of hydrogen-bond acceptors (Lipinski definition) is 3. The minimum absolute atomic E-state index is 0.491. The van der Waals surface area contributed by atoms with Gasteiger partial charge < -0.3 is 5.32 Å². The van der Waals surface area contributed by atoms with Crippen LogP contribution in [0.1, 0.15) is 18.4 Å². The van der Waals surface area contributed by atoms with Crippen LogP contribution in [0, 0.1) is 5.92 Å². The van der Waals surface area contributed by atoms with E-state index in [0.29, 0.717) is 10.8 Å². The molecule has 17 heavy (non-hydrogen) atoms. The summed E-state index contributed by atoms with van der Waals surface area (Å²) in [5.74, 6) is 0.562. The molecule has 0 aromatic heterocycles. The van der Waals surface area contributed by atoms with Crippen LogP contribution in [0.3, 0.4) is 0 Å². The van der Waals surface area contributed by atoms with Gasteiger partial charge in [-0.25, -0.2) is 8.42 Å². The van der Waals surface area contributed by atoms with Crippen LogP contribution in [0.25, 0.3) is 0 Å². The van der Waals surface area contributed by atoms with Crippen molar-refractivity contribution in [2.75, 3.05) is 19.3 Å². The molecule has 4 heteroatoms. The van der Waals surface area contributed by atoms with Crippen LogP contribution in [-0.2, 0) is 16.3 Å². The predicted octanol–water partition coefficient (Wildman–Crippen LogP) is 1.63. The number of rotatable bonds is 3. The number of nitrogens with one attached hydrogen (secondary N) is 1. The van der Waals surface area contributed by atoms with Crippen molar-refractivity contribution >= 4 is 9.84 Å². The smallest absolute Gasteiger partial charge is 0.175 e. The molecule has 1 aliphatic rings. The zero-order valence-electron chi connectivity index (χ0n) is 10.1. The molecule has 1 heterocycles. The van der Waals surface area contributed by atoms with Crippen molar-refractivity contribution in [3.05, 3.63) is 29.8 Å². The number of sulfone groups is 1. The quantitative estimate of drug-likeness (QED) is 0.890. The molecule has 0 spiro atoms. The van der Waals surface area contributed by atoms with Gasteiger partial charge in [-0.2, -0.15) is 0 Å². The van der Waals surface area contributed by atoms with Crippen molar-refractivity contribution in [3.8, 4) is 0 Å². The minimum atomic E-state index is -3.10. The van der Waals surface area contributed by atoms with Gasteiger partial charge in [-0.3, -0.25) is 0 Å². The summed E-state index contributed by atoms with van der Waals surface area (Å²) >= 11 is 0. The maximum Gasteiger partial charge on any atom is 0.175 e. The van der Waals surface area contributed by atoms with Crippen LogP contribution in [-0.4, -0.2) is 27.8 Å². The zero-order valence-corrected chi connectivity index (χ0v) is 11.0. The van der Waals surface area contributed by atoms with E-state index in [9.17, 15) is 8.42 Å². The summed E-state index contributed by atoms with van der Waals surface area (Å²) in [6.45, 7) is 2.09. The Morgan fingerprint density at radius 3 is 2.76 bits per heavy atom. The standard InChI is InChI=1S/C13H19NO2S/c1-17(15,16)13-7-3-2-6-12(13)9-11-5-4-8-14-10-11/h2-3,6-7,11,14H,4-5,8-10H2,1H3. The number of piperidine rings is 1. The summed E-state index contributed by atoms with van der Waals surface area (Å²) in [4.78, 5) is 0.491. The lowest BCUT2D eigenvalue weighted by Crippen LogP contribution is -2.31. The van der Waals surface area contributed by atoms with Crippen molar-refractivity contribution in [3.63, 3.8) is 0 Å². The third-order valence-corrected chi connectivity index (χ3v) is 4.48. The van der Waals surface area contributed by atoms with Crippen LogP contribution < -0.4 is 5.32 Å². The highest BCUT2D eigenvalue weighted by molar-refractivity contribution is 7.90. The molecule has 0 aliphatic carbocycles. The van der Waals surface area contributed by atoms with Gasteiger partial charge in [0.05, 0.1) is 4.90 Å². The first-order valence-electron chi connectivity index (χ1n) is 6.06. The number of benzene rings is 1. The lowest BCUT2D eigenvalue weighted by Gasteiger charge is -2.23. The molecular weight excluding hydrogens is 234 g/mol. The Morgan fingerprint density at radius 1 is 1.35 bits per heavy atom. The summed E-state index contributed by atoms with van der Waals surface area (Å²) in [7, 11) is -3.10. The molecule has 0 saturated carbocycles. The van der Waals surface area contributed by atoms with Crippen LogP contribution in [0.2, 0.25) is 0 Å². The summed E-state index contributed by atoms with van der Waals surface area (Å²) in [6.07, 6.45) is 4.51.